The summed E-state index contributed by atoms with van der Waals surface area (Å²) in [7, 11) is 0. The summed E-state index contributed by atoms with van der Waals surface area (Å²) in [6, 6.07) is 3.79. The minimum atomic E-state index is -0.148. The van der Waals surface area contributed by atoms with Crippen molar-refractivity contribution >= 4 is 6.03 Å². The summed E-state index contributed by atoms with van der Waals surface area (Å²) in [5.74, 6) is 0.306. The van der Waals surface area contributed by atoms with Gasteiger partial charge in [0.05, 0.1) is 12.2 Å². The molecule has 7 nitrogen and oxygen atoms in total. The van der Waals surface area contributed by atoms with E-state index in [9.17, 15) is 4.79 Å². The molecule has 2 amide bonds. The van der Waals surface area contributed by atoms with E-state index >= 15 is 0 Å². The van der Waals surface area contributed by atoms with Crippen LogP contribution in [0.3, 0.4) is 0 Å². The van der Waals surface area contributed by atoms with Crippen LogP contribution in [0.25, 0.3) is 0 Å². The number of urea groups is 1. The molecule has 0 radical (unpaired) electrons. The fourth-order valence-electron chi connectivity index (χ4n) is 2.50. The molecule has 0 aliphatic carbocycles. The summed E-state index contributed by atoms with van der Waals surface area (Å²) in [5, 5.41) is 14.4. The molecule has 0 aromatic carbocycles. The average molecular weight is 318 g/mol. The minimum absolute atomic E-state index is 0.0150. The molecule has 2 N–H and O–H groups in total. The second kappa shape index (κ2) is 7.80. The lowest BCUT2D eigenvalue weighted by Gasteiger charge is -2.17. The average Bonchev–Trinajstić information content (AvgIpc) is 3.07. The van der Waals surface area contributed by atoms with Crippen molar-refractivity contribution in [1.82, 2.24) is 30.2 Å². The molecular formula is C16H26N6O. The predicted octanol–water partition coefficient (Wildman–Crippen LogP) is 1.72. The van der Waals surface area contributed by atoms with Crippen molar-refractivity contribution < 1.29 is 4.79 Å². The Bertz CT molecular complexity index is 619. The minimum Gasteiger partial charge on any atom is -0.338 e. The third kappa shape index (κ3) is 5.43. The van der Waals surface area contributed by atoms with Crippen LogP contribution in [0.1, 0.15) is 25.2 Å². The van der Waals surface area contributed by atoms with Crippen LogP contribution in [0.5, 0.6) is 0 Å². The summed E-state index contributed by atoms with van der Waals surface area (Å²) in [6.45, 7) is 10.2. The molecular weight excluding hydrogens is 292 g/mol. The van der Waals surface area contributed by atoms with Crippen LogP contribution in [-0.4, -0.2) is 38.2 Å². The molecule has 0 saturated heterocycles. The Labute approximate surface area is 137 Å². The van der Waals surface area contributed by atoms with Crippen LogP contribution >= 0.6 is 0 Å². The van der Waals surface area contributed by atoms with Gasteiger partial charge in [0, 0.05) is 37.2 Å². The zero-order valence-corrected chi connectivity index (χ0v) is 14.3. The second-order valence-electron chi connectivity index (χ2n) is 6.20. The Morgan fingerprint density at radius 2 is 2.09 bits per heavy atom. The molecule has 23 heavy (non-hydrogen) atoms. The first-order chi connectivity index (χ1) is 10.9. The largest absolute Gasteiger partial charge is 0.338 e. The first-order valence-corrected chi connectivity index (χ1v) is 7.97. The molecule has 2 atom stereocenters. The lowest BCUT2D eigenvalue weighted by atomic mass is 10.2. The van der Waals surface area contributed by atoms with Crippen LogP contribution in [0.2, 0.25) is 0 Å². The highest BCUT2D eigenvalue weighted by molar-refractivity contribution is 5.74. The molecule has 0 spiro atoms. The number of hydrogen-bond donors (Lipinski definition) is 2. The van der Waals surface area contributed by atoms with E-state index in [0.717, 1.165) is 17.9 Å². The number of carbonyl (C=O) groups excluding carboxylic acids is 1. The molecule has 0 saturated carbocycles. The number of aromatic nitrogens is 4. The summed E-state index contributed by atoms with van der Waals surface area (Å²) < 4.78 is 3.79. The lowest BCUT2D eigenvalue weighted by Crippen LogP contribution is -2.44. The quantitative estimate of drug-likeness (QED) is 0.816. The molecule has 0 aliphatic rings. The van der Waals surface area contributed by atoms with Gasteiger partial charge in [-0.15, -0.1) is 0 Å². The van der Waals surface area contributed by atoms with E-state index in [4.69, 9.17) is 0 Å². The monoisotopic (exact) mass is 318 g/mol. The maximum Gasteiger partial charge on any atom is 0.315 e. The number of carbonyl (C=O) groups is 1. The number of rotatable bonds is 7. The van der Waals surface area contributed by atoms with Crippen molar-refractivity contribution in [3.63, 3.8) is 0 Å². The molecule has 0 bridgehead atoms. The van der Waals surface area contributed by atoms with Gasteiger partial charge in [0.25, 0.3) is 0 Å². The summed E-state index contributed by atoms with van der Waals surface area (Å²) in [4.78, 5) is 11.9. The van der Waals surface area contributed by atoms with Gasteiger partial charge in [-0.2, -0.15) is 10.2 Å². The van der Waals surface area contributed by atoms with Crippen molar-refractivity contribution in [2.24, 2.45) is 5.92 Å². The summed E-state index contributed by atoms with van der Waals surface area (Å²) in [6.07, 6.45) is 3.61. The van der Waals surface area contributed by atoms with Gasteiger partial charge in [0.2, 0.25) is 0 Å². The molecule has 2 aromatic rings. The Balaban J connectivity index is 1.70. The van der Waals surface area contributed by atoms with E-state index in [1.165, 1.54) is 0 Å². The van der Waals surface area contributed by atoms with Gasteiger partial charge >= 0.3 is 6.03 Å². The van der Waals surface area contributed by atoms with E-state index in [-0.39, 0.29) is 12.1 Å². The number of nitrogens with zero attached hydrogens (tertiary/aromatic N) is 4. The molecule has 7 heteroatoms. The maximum atomic E-state index is 11.9. The molecule has 2 heterocycles. The van der Waals surface area contributed by atoms with Gasteiger partial charge in [-0.05, 0) is 38.8 Å². The zero-order valence-electron chi connectivity index (χ0n) is 14.3. The third-order valence-corrected chi connectivity index (χ3v) is 3.60. The topological polar surface area (TPSA) is 76.8 Å². The van der Waals surface area contributed by atoms with E-state index in [2.05, 4.69) is 33.8 Å². The summed E-state index contributed by atoms with van der Waals surface area (Å²) in [5.41, 5.74) is 2.17. The van der Waals surface area contributed by atoms with Gasteiger partial charge < -0.3 is 10.6 Å². The van der Waals surface area contributed by atoms with Gasteiger partial charge in [-0.3, -0.25) is 9.36 Å². The van der Waals surface area contributed by atoms with E-state index in [1.54, 1.807) is 10.9 Å². The number of aryl methyl sites for hydroxylation is 2. The number of nitrogens with one attached hydrogen (secondary N) is 2. The standard InChI is InChI=1S/C16H26N6O/c1-12(10-22-15(4)8-13(2)20-22)9-17-16(23)19-14(3)11-21-7-5-6-18-21/h5-8,12,14H,9-11H2,1-4H3,(H2,17,19,23). The van der Waals surface area contributed by atoms with Gasteiger partial charge in [0.1, 0.15) is 0 Å². The lowest BCUT2D eigenvalue weighted by molar-refractivity contribution is 0.233. The van der Waals surface area contributed by atoms with Crippen LogP contribution in [-0.2, 0) is 13.1 Å². The Kier molecular flexibility index (Phi) is 5.78. The predicted molar refractivity (Wildman–Crippen MR) is 89.1 cm³/mol. The first-order valence-electron chi connectivity index (χ1n) is 7.97. The third-order valence-electron chi connectivity index (χ3n) is 3.60. The van der Waals surface area contributed by atoms with E-state index in [1.807, 2.05) is 37.7 Å². The van der Waals surface area contributed by atoms with Gasteiger partial charge in [-0.1, -0.05) is 6.92 Å². The highest BCUT2D eigenvalue weighted by atomic mass is 16.2. The molecule has 2 unspecified atom stereocenters. The smallest absolute Gasteiger partial charge is 0.315 e. The van der Waals surface area contributed by atoms with Gasteiger partial charge in [0.15, 0.2) is 0 Å². The van der Waals surface area contributed by atoms with Crippen LogP contribution in [0.4, 0.5) is 4.79 Å². The SMILES string of the molecule is Cc1cc(C)n(CC(C)CNC(=O)NC(C)Cn2cccn2)n1. The molecule has 0 fully saturated rings. The first kappa shape index (κ1) is 17.1. The molecule has 2 aromatic heterocycles. The van der Waals surface area contributed by atoms with Crippen molar-refractivity contribution in [2.45, 2.75) is 46.8 Å². The highest BCUT2D eigenvalue weighted by Gasteiger charge is 2.11. The Morgan fingerprint density at radius 3 is 2.70 bits per heavy atom. The van der Waals surface area contributed by atoms with Crippen LogP contribution < -0.4 is 10.6 Å². The van der Waals surface area contributed by atoms with E-state index in [0.29, 0.717) is 19.0 Å². The van der Waals surface area contributed by atoms with Gasteiger partial charge in [-0.25, -0.2) is 4.79 Å². The van der Waals surface area contributed by atoms with E-state index < -0.39 is 0 Å². The van der Waals surface area contributed by atoms with Crippen molar-refractivity contribution in [2.75, 3.05) is 6.54 Å². The fourth-order valence-corrected chi connectivity index (χ4v) is 2.50. The Morgan fingerprint density at radius 1 is 1.30 bits per heavy atom. The summed E-state index contributed by atoms with van der Waals surface area (Å²) >= 11 is 0. The van der Waals surface area contributed by atoms with Crippen LogP contribution in [0, 0.1) is 19.8 Å². The van der Waals surface area contributed by atoms with Crippen molar-refractivity contribution in [3.8, 4) is 0 Å². The molecule has 0 aliphatic heterocycles. The highest BCUT2D eigenvalue weighted by Crippen LogP contribution is 2.05. The van der Waals surface area contributed by atoms with Crippen molar-refractivity contribution in [3.05, 3.63) is 35.9 Å². The molecule has 2 rings (SSSR count). The number of amides is 2. The second-order valence-corrected chi connectivity index (χ2v) is 6.20. The Hall–Kier alpha value is -2.31. The maximum absolute atomic E-state index is 11.9. The molecule has 126 valence electrons. The van der Waals surface area contributed by atoms with Crippen LogP contribution in [0.15, 0.2) is 24.5 Å². The fraction of sp³-hybridized carbons (Fsp3) is 0.562. The van der Waals surface area contributed by atoms with Crippen molar-refractivity contribution in [1.29, 1.82) is 0 Å². The number of hydrogen-bond acceptors (Lipinski definition) is 3. The zero-order chi connectivity index (χ0) is 16.8. The normalized spacial score (nSPS) is 13.6.